The molecule has 2 N–H and O–H groups in total. The molecular formula is C10H15N3O. The molecule has 1 heterocycles. The van der Waals surface area contributed by atoms with Crippen LogP contribution in [0.2, 0.25) is 0 Å². The van der Waals surface area contributed by atoms with Crippen molar-refractivity contribution in [1.29, 1.82) is 0 Å². The van der Waals surface area contributed by atoms with Crippen LogP contribution in [0.3, 0.4) is 0 Å². The summed E-state index contributed by atoms with van der Waals surface area (Å²) in [4.78, 5) is 4.40. The molecule has 0 aliphatic heterocycles. The van der Waals surface area contributed by atoms with Crippen LogP contribution in [0.25, 0.3) is 0 Å². The molecule has 0 saturated heterocycles. The SMILES string of the molecule is CC1(c2noc(C(N)C3CC3)n2)CC1. The van der Waals surface area contributed by atoms with E-state index >= 15 is 0 Å². The normalized spacial score (nSPS) is 26.1. The zero-order valence-corrected chi connectivity index (χ0v) is 8.36. The van der Waals surface area contributed by atoms with Gasteiger partial charge < -0.3 is 10.3 Å². The van der Waals surface area contributed by atoms with Gasteiger partial charge in [-0.15, -0.1) is 0 Å². The van der Waals surface area contributed by atoms with Crippen LogP contribution < -0.4 is 5.73 Å². The molecule has 1 aromatic rings. The minimum absolute atomic E-state index is 0.0291. The average molecular weight is 193 g/mol. The molecule has 2 saturated carbocycles. The fraction of sp³-hybridized carbons (Fsp3) is 0.800. The van der Waals surface area contributed by atoms with Crippen LogP contribution in [0.5, 0.6) is 0 Å². The topological polar surface area (TPSA) is 64.9 Å². The van der Waals surface area contributed by atoms with Crippen LogP contribution in [0.4, 0.5) is 0 Å². The number of nitrogens with zero attached hydrogens (tertiary/aromatic N) is 2. The Bertz CT molecular complexity index is 352. The molecule has 2 aliphatic rings. The Morgan fingerprint density at radius 1 is 1.50 bits per heavy atom. The van der Waals surface area contributed by atoms with E-state index < -0.39 is 0 Å². The smallest absolute Gasteiger partial charge is 0.243 e. The van der Waals surface area contributed by atoms with Crippen molar-refractivity contribution in [2.24, 2.45) is 11.7 Å². The summed E-state index contributed by atoms with van der Waals surface area (Å²) < 4.78 is 5.21. The monoisotopic (exact) mass is 193 g/mol. The molecule has 1 unspecified atom stereocenters. The Morgan fingerprint density at radius 2 is 2.21 bits per heavy atom. The first-order valence-electron chi connectivity index (χ1n) is 5.29. The van der Waals surface area contributed by atoms with Crippen LogP contribution in [-0.4, -0.2) is 10.1 Å². The van der Waals surface area contributed by atoms with Gasteiger partial charge in [-0.1, -0.05) is 12.1 Å². The molecule has 3 rings (SSSR count). The van der Waals surface area contributed by atoms with Gasteiger partial charge in [0.15, 0.2) is 5.82 Å². The molecule has 4 heteroatoms. The van der Waals surface area contributed by atoms with Gasteiger partial charge in [0.05, 0.1) is 6.04 Å². The quantitative estimate of drug-likeness (QED) is 0.790. The van der Waals surface area contributed by atoms with E-state index in [-0.39, 0.29) is 11.5 Å². The first-order chi connectivity index (χ1) is 6.69. The number of aromatic nitrogens is 2. The van der Waals surface area contributed by atoms with Crippen molar-refractivity contribution >= 4 is 0 Å². The third kappa shape index (κ3) is 1.25. The van der Waals surface area contributed by atoms with E-state index in [0.717, 1.165) is 5.82 Å². The van der Waals surface area contributed by atoms with Crippen LogP contribution in [0, 0.1) is 5.92 Å². The zero-order chi connectivity index (χ0) is 9.76. The lowest BCUT2D eigenvalue weighted by atomic mass is 10.1. The lowest BCUT2D eigenvalue weighted by Crippen LogP contribution is -2.13. The highest BCUT2D eigenvalue weighted by atomic mass is 16.5. The van der Waals surface area contributed by atoms with Crippen LogP contribution in [0.1, 0.15) is 50.4 Å². The van der Waals surface area contributed by atoms with Crippen molar-refractivity contribution in [2.75, 3.05) is 0 Å². The molecule has 2 fully saturated rings. The number of hydrogen-bond acceptors (Lipinski definition) is 4. The van der Waals surface area contributed by atoms with Gasteiger partial charge in [-0.3, -0.25) is 0 Å². The molecular weight excluding hydrogens is 178 g/mol. The van der Waals surface area contributed by atoms with E-state index in [1.54, 1.807) is 0 Å². The van der Waals surface area contributed by atoms with Crippen LogP contribution >= 0.6 is 0 Å². The number of hydrogen-bond donors (Lipinski definition) is 1. The van der Waals surface area contributed by atoms with Gasteiger partial charge in [0.1, 0.15) is 0 Å². The predicted octanol–water partition coefficient (Wildman–Crippen LogP) is 1.53. The summed E-state index contributed by atoms with van der Waals surface area (Å²) >= 11 is 0. The average Bonchev–Trinajstić information content (AvgIpc) is 3.07. The zero-order valence-electron chi connectivity index (χ0n) is 8.36. The Kier molecular flexibility index (Phi) is 1.54. The first-order valence-corrected chi connectivity index (χ1v) is 5.29. The van der Waals surface area contributed by atoms with E-state index in [4.69, 9.17) is 10.3 Å². The first kappa shape index (κ1) is 8.41. The van der Waals surface area contributed by atoms with Gasteiger partial charge in [0, 0.05) is 5.41 Å². The molecule has 0 aromatic carbocycles. The minimum atomic E-state index is -0.0291. The standard InChI is InChI=1S/C10H15N3O/c1-10(4-5-10)9-12-8(14-13-9)7(11)6-2-3-6/h6-7H,2-5,11H2,1H3. The maximum Gasteiger partial charge on any atom is 0.243 e. The molecule has 0 radical (unpaired) electrons. The second-order valence-corrected chi connectivity index (χ2v) is 4.88. The Morgan fingerprint density at radius 3 is 2.79 bits per heavy atom. The third-order valence-electron chi connectivity index (χ3n) is 3.40. The van der Waals surface area contributed by atoms with E-state index in [9.17, 15) is 0 Å². The van der Waals surface area contributed by atoms with Crippen molar-refractivity contribution in [1.82, 2.24) is 10.1 Å². The summed E-state index contributed by atoms with van der Waals surface area (Å²) in [6, 6.07) is -0.0291. The van der Waals surface area contributed by atoms with Gasteiger partial charge >= 0.3 is 0 Å². The number of rotatable bonds is 3. The molecule has 1 atom stereocenters. The van der Waals surface area contributed by atoms with Gasteiger partial charge in [-0.25, -0.2) is 0 Å². The molecule has 1 aromatic heterocycles. The highest BCUT2D eigenvalue weighted by Crippen LogP contribution is 2.46. The van der Waals surface area contributed by atoms with E-state index in [0.29, 0.717) is 11.8 Å². The van der Waals surface area contributed by atoms with Gasteiger partial charge in [-0.05, 0) is 31.6 Å². The molecule has 2 aliphatic carbocycles. The highest BCUT2D eigenvalue weighted by Gasteiger charge is 2.44. The van der Waals surface area contributed by atoms with E-state index in [1.807, 2.05) is 0 Å². The molecule has 4 nitrogen and oxygen atoms in total. The van der Waals surface area contributed by atoms with Crippen molar-refractivity contribution in [2.45, 2.75) is 44.1 Å². The number of nitrogens with two attached hydrogens (primary N) is 1. The molecule has 0 amide bonds. The molecule has 0 spiro atoms. The Hall–Kier alpha value is -0.900. The maximum absolute atomic E-state index is 5.98. The fourth-order valence-corrected chi connectivity index (χ4v) is 1.68. The van der Waals surface area contributed by atoms with E-state index in [1.165, 1.54) is 25.7 Å². The van der Waals surface area contributed by atoms with Gasteiger partial charge in [0.2, 0.25) is 5.89 Å². The lowest BCUT2D eigenvalue weighted by molar-refractivity contribution is 0.338. The Labute approximate surface area is 82.9 Å². The predicted molar refractivity (Wildman–Crippen MR) is 50.5 cm³/mol. The van der Waals surface area contributed by atoms with Gasteiger partial charge in [0.25, 0.3) is 0 Å². The van der Waals surface area contributed by atoms with E-state index in [2.05, 4.69) is 17.1 Å². The summed E-state index contributed by atoms with van der Waals surface area (Å²) in [6.45, 7) is 2.17. The second-order valence-electron chi connectivity index (χ2n) is 4.88. The summed E-state index contributed by atoms with van der Waals surface area (Å²) in [6.07, 6.45) is 4.75. The largest absolute Gasteiger partial charge is 0.338 e. The summed E-state index contributed by atoms with van der Waals surface area (Å²) in [5.41, 5.74) is 6.17. The second kappa shape index (κ2) is 2.57. The Balaban J connectivity index is 1.82. The summed E-state index contributed by atoms with van der Waals surface area (Å²) in [5, 5.41) is 4.02. The van der Waals surface area contributed by atoms with Crippen molar-refractivity contribution in [3.63, 3.8) is 0 Å². The van der Waals surface area contributed by atoms with Crippen molar-refractivity contribution < 1.29 is 4.52 Å². The molecule has 76 valence electrons. The fourth-order valence-electron chi connectivity index (χ4n) is 1.68. The molecule has 0 bridgehead atoms. The summed E-state index contributed by atoms with van der Waals surface area (Å²) in [7, 11) is 0. The highest BCUT2D eigenvalue weighted by molar-refractivity contribution is 5.15. The van der Waals surface area contributed by atoms with Crippen LogP contribution in [-0.2, 0) is 5.41 Å². The maximum atomic E-state index is 5.98. The third-order valence-corrected chi connectivity index (χ3v) is 3.40. The van der Waals surface area contributed by atoms with Crippen LogP contribution in [0.15, 0.2) is 4.52 Å². The minimum Gasteiger partial charge on any atom is -0.338 e. The lowest BCUT2D eigenvalue weighted by Gasteiger charge is -2.02. The summed E-state index contributed by atoms with van der Waals surface area (Å²) in [5.74, 6) is 2.06. The van der Waals surface area contributed by atoms with Crippen molar-refractivity contribution in [3.05, 3.63) is 11.7 Å². The molecule has 14 heavy (non-hydrogen) atoms. The van der Waals surface area contributed by atoms with Crippen molar-refractivity contribution in [3.8, 4) is 0 Å². The van der Waals surface area contributed by atoms with Gasteiger partial charge in [-0.2, -0.15) is 4.98 Å².